The largest absolute Gasteiger partial charge is 0.397 e. The minimum Gasteiger partial charge on any atom is -0.397 e. The average molecular weight is 345 g/mol. The second kappa shape index (κ2) is 11.4. The Morgan fingerprint density at radius 1 is 0.920 bits per heavy atom. The van der Waals surface area contributed by atoms with Crippen LogP contribution in [0.3, 0.4) is 0 Å². The van der Waals surface area contributed by atoms with Gasteiger partial charge in [-0.25, -0.2) is 4.39 Å². The molecule has 136 valence electrons. The van der Waals surface area contributed by atoms with Crippen molar-refractivity contribution in [3.63, 3.8) is 0 Å². The number of benzene rings is 2. The quantitative estimate of drug-likeness (QED) is 0.404. The van der Waals surface area contributed by atoms with Crippen LogP contribution < -0.4 is 16.4 Å². The number of rotatable bonds is 12. The van der Waals surface area contributed by atoms with Crippen LogP contribution in [0.15, 0.2) is 48.5 Å². The highest BCUT2D eigenvalue weighted by Gasteiger charge is 2.00. The SMILES string of the molecule is Nc1ccc(F)cc1NCCCNCCCCOCc1ccccc1. The minimum absolute atomic E-state index is 0.274. The maximum atomic E-state index is 13.1. The van der Waals surface area contributed by atoms with E-state index < -0.39 is 0 Å². The van der Waals surface area contributed by atoms with E-state index in [1.807, 2.05) is 18.2 Å². The molecule has 0 radical (unpaired) electrons. The number of unbranched alkanes of at least 4 members (excludes halogenated alkanes) is 1. The first-order valence-corrected chi connectivity index (χ1v) is 8.87. The molecular formula is C20H28FN3O. The molecule has 0 amide bonds. The molecule has 25 heavy (non-hydrogen) atoms. The van der Waals surface area contributed by atoms with Crippen LogP contribution in [0, 0.1) is 5.82 Å². The fraction of sp³-hybridized carbons (Fsp3) is 0.400. The van der Waals surface area contributed by atoms with Crippen molar-refractivity contribution in [2.45, 2.75) is 25.9 Å². The number of halogens is 1. The molecule has 0 heterocycles. The first-order chi connectivity index (χ1) is 12.3. The van der Waals surface area contributed by atoms with Crippen LogP contribution in [-0.2, 0) is 11.3 Å². The highest BCUT2D eigenvalue weighted by Crippen LogP contribution is 2.18. The first kappa shape index (κ1) is 19.2. The van der Waals surface area contributed by atoms with E-state index in [0.29, 0.717) is 18.0 Å². The molecular weight excluding hydrogens is 317 g/mol. The van der Waals surface area contributed by atoms with E-state index in [1.54, 1.807) is 6.07 Å². The molecule has 4 N–H and O–H groups in total. The third-order valence-electron chi connectivity index (χ3n) is 3.86. The highest BCUT2D eigenvalue weighted by molar-refractivity contribution is 5.65. The molecule has 0 aromatic heterocycles. The summed E-state index contributed by atoms with van der Waals surface area (Å²) in [5.41, 5.74) is 8.24. The van der Waals surface area contributed by atoms with Crippen molar-refractivity contribution < 1.29 is 9.13 Å². The van der Waals surface area contributed by atoms with Gasteiger partial charge in [-0.05, 0) is 56.1 Å². The molecule has 0 spiro atoms. The summed E-state index contributed by atoms with van der Waals surface area (Å²) in [6.45, 7) is 4.14. The van der Waals surface area contributed by atoms with Crippen molar-refractivity contribution >= 4 is 11.4 Å². The summed E-state index contributed by atoms with van der Waals surface area (Å²) in [4.78, 5) is 0. The zero-order valence-corrected chi connectivity index (χ0v) is 14.6. The highest BCUT2D eigenvalue weighted by atomic mass is 19.1. The lowest BCUT2D eigenvalue weighted by Crippen LogP contribution is -2.19. The van der Waals surface area contributed by atoms with Gasteiger partial charge in [0, 0.05) is 13.2 Å². The molecule has 2 aromatic carbocycles. The summed E-state index contributed by atoms with van der Waals surface area (Å²) in [6, 6.07) is 14.6. The van der Waals surface area contributed by atoms with E-state index >= 15 is 0 Å². The van der Waals surface area contributed by atoms with Gasteiger partial charge in [0.2, 0.25) is 0 Å². The van der Waals surface area contributed by atoms with Crippen molar-refractivity contribution in [3.05, 3.63) is 59.9 Å². The summed E-state index contributed by atoms with van der Waals surface area (Å²) < 4.78 is 18.8. The fourth-order valence-corrected chi connectivity index (χ4v) is 2.46. The number of anilines is 2. The number of hydrogen-bond donors (Lipinski definition) is 3. The smallest absolute Gasteiger partial charge is 0.125 e. The average Bonchev–Trinajstić information content (AvgIpc) is 2.63. The molecule has 2 rings (SSSR count). The van der Waals surface area contributed by atoms with E-state index in [1.165, 1.54) is 17.7 Å². The molecule has 2 aromatic rings. The molecule has 0 aliphatic heterocycles. The lowest BCUT2D eigenvalue weighted by molar-refractivity contribution is 0.117. The van der Waals surface area contributed by atoms with E-state index in [0.717, 1.165) is 45.5 Å². The van der Waals surface area contributed by atoms with E-state index in [4.69, 9.17) is 10.5 Å². The maximum Gasteiger partial charge on any atom is 0.125 e. The zero-order valence-electron chi connectivity index (χ0n) is 14.6. The predicted octanol–water partition coefficient (Wildman–Crippen LogP) is 3.80. The topological polar surface area (TPSA) is 59.3 Å². The third-order valence-corrected chi connectivity index (χ3v) is 3.86. The summed E-state index contributed by atoms with van der Waals surface area (Å²) in [7, 11) is 0. The van der Waals surface area contributed by atoms with Crippen molar-refractivity contribution in [3.8, 4) is 0 Å². The van der Waals surface area contributed by atoms with Crippen LogP contribution in [0.1, 0.15) is 24.8 Å². The Morgan fingerprint density at radius 3 is 2.56 bits per heavy atom. The van der Waals surface area contributed by atoms with Crippen LogP contribution >= 0.6 is 0 Å². The van der Waals surface area contributed by atoms with Crippen molar-refractivity contribution in [2.75, 3.05) is 37.3 Å². The van der Waals surface area contributed by atoms with Crippen molar-refractivity contribution in [1.82, 2.24) is 5.32 Å². The summed E-state index contributed by atoms with van der Waals surface area (Å²) in [5, 5.41) is 6.57. The van der Waals surface area contributed by atoms with Crippen LogP contribution in [0.2, 0.25) is 0 Å². The van der Waals surface area contributed by atoms with Gasteiger partial charge in [-0.2, -0.15) is 0 Å². The normalized spacial score (nSPS) is 10.8. The second-order valence-electron chi connectivity index (χ2n) is 6.01. The molecule has 0 aliphatic rings. The summed E-state index contributed by atoms with van der Waals surface area (Å²) in [6.07, 6.45) is 3.11. The van der Waals surface area contributed by atoms with Gasteiger partial charge >= 0.3 is 0 Å². The Hall–Kier alpha value is -2.11. The monoisotopic (exact) mass is 345 g/mol. The van der Waals surface area contributed by atoms with Gasteiger partial charge in [-0.15, -0.1) is 0 Å². The van der Waals surface area contributed by atoms with Gasteiger partial charge in [-0.1, -0.05) is 30.3 Å². The zero-order chi connectivity index (χ0) is 17.7. The lowest BCUT2D eigenvalue weighted by Gasteiger charge is -2.10. The Balaban J connectivity index is 1.40. The Bertz CT molecular complexity index is 607. The number of ether oxygens (including phenoxy) is 1. The maximum absolute atomic E-state index is 13.1. The first-order valence-electron chi connectivity index (χ1n) is 8.87. The Kier molecular flexibility index (Phi) is 8.80. The molecule has 0 fully saturated rings. The van der Waals surface area contributed by atoms with E-state index in [9.17, 15) is 4.39 Å². The molecule has 0 bridgehead atoms. The van der Waals surface area contributed by atoms with E-state index in [-0.39, 0.29) is 5.82 Å². The third kappa shape index (κ3) is 8.01. The minimum atomic E-state index is -0.274. The van der Waals surface area contributed by atoms with Crippen LogP contribution in [-0.4, -0.2) is 26.2 Å². The number of nitrogens with one attached hydrogen (secondary N) is 2. The molecule has 0 saturated heterocycles. The molecule has 0 atom stereocenters. The van der Waals surface area contributed by atoms with Gasteiger partial charge in [0.1, 0.15) is 5.82 Å². The van der Waals surface area contributed by atoms with Crippen LogP contribution in [0.25, 0.3) is 0 Å². The molecule has 4 nitrogen and oxygen atoms in total. The number of nitrogen functional groups attached to an aromatic ring is 1. The van der Waals surface area contributed by atoms with Gasteiger partial charge in [0.15, 0.2) is 0 Å². The Morgan fingerprint density at radius 2 is 1.72 bits per heavy atom. The predicted molar refractivity (Wildman–Crippen MR) is 102 cm³/mol. The standard InChI is InChI=1S/C20H28FN3O/c21-18-9-10-19(22)20(15-18)24-13-6-12-23-11-4-5-14-25-16-17-7-2-1-3-8-17/h1-3,7-10,15,23-24H,4-6,11-14,16,22H2. The van der Waals surface area contributed by atoms with Crippen LogP contribution in [0.4, 0.5) is 15.8 Å². The van der Waals surface area contributed by atoms with Gasteiger partial charge < -0.3 is 21.1 Å². The molecule has 5 heteroatoms. The lowest BCUT2D eigenvalue weighted by atomic mass is 10.2. The Labute approximate surface area is 149 Å². The molecule has 0 aliphatic carbocycles. The second-order valence-corrected chi connectivity index (χ2v) is 6.01. The molecule has 0 saturated carbocycles. The fourth-order valence-electron chi connectivity index (χ4n) is 2.46. The van der Waals surface area contributed by atoms with Gasteiger partial charge in [-0.3, -0.25) is 0 Å². The molecule has 0 unspecified atom stereocenters. The number of nitrogens with two attached hydrogens (primary N) is 1. The summed E-state index contributed by atoms with van der Waals surface area (Å²) >= 11 is 0. The van der Waals surface area contributed by atoms with Crippen LogP contribution in [0.5, 0.6) is 0 Å². The summed E-state index contributed by atoms with van der Waals surface area (Å²) in [5.74, 6) is -0.274. The van der Waals surface area contributed by atoms with Crippen molar-refractivity contribution in [2.24, 2.45) is 0 Å². The van der Waals surface area contributed by atoms with Crippen molar-refractivity contribution in [1.29, 1.82) is 0 Å². The van der Waals surface area contributed by atoms with Gasteiger partial charge in [0.25, 0.3) is 0 Å². The van der Waals surface area contributed by atoms with E-state index in [2.05, 4.69) is 22.8 Å². The number of hydrogen-bond acceptors (Lipinski definition) is 4. The van der Waals surface area contributed by atoms with Gasteiger partial charge in [0.05, 0.1) is 18.0 Å².